The van der Waals surface area contributed by atoms with Gasteiger partial charge in [0, 0.05) is 15.3 Å². The van der Waals surface area contributed by atoms with Crippen molar-refractivity contribution in [3.8, 4) is 0 Å². The summed E-state index contributed by atoms with van der Waals surface area (Å²) in [7, 11) is 0. The average Bonchev–Trinajstić information content (AvgIpc) is 2.49. The molecule has 1 rings (SSSR count). The second-order valence-corrected chi connectivity index (χ2v) is 7.29. The largest absolute Gasteiger partial charge is 0.312 e. The lowest BCUT2D eigenvalue weighted by atomic mass is 10.1. The number of hydrogen-bond acceptors (Lipinski definition) is 2. The third-order valence-corrected chi connectivity index (χ3v) is 4.09. The molecule has 1 aromatic heterocycles. The van der Waals surface area contributed by atoms with Crippen LogP contribution in [-0.4, -0.2) is 12.1 Å². The van der Waals surface area contributed by atoms with Gasteiger partial charge in [-0.15, -0.1) is 11.3 Å². The van der Waals surface area contributed by atoms with Crippen LogP contribution in [0.3, 0.4) is 0 Å². The molecule has 1 aromatic rings. The van der Waals surface area contributed by atoms with Crippen molar-refractivity contribution in [2.24, 2.45) is 0 Å². The maximum absolute atomic E-state index is 3.54. The molecule has 1 nitrogen and oxygen atoms in total. The highest BCUT2D eigenvalue weighted by molar-refractivity contribution is 7.12. The molecule has 2 heteroatoms. The van der Waals surface area contributed by atoms with Crippen LogP contribution >= 0.6 is 11.3 Å². The minimum atomic E-state index is 0.265. The predicted molar refractivity (Wildman–Crippen MR) is 79.1 cm³/mol. The summed E-state index contributed by atoms with van der Waals surface area (Å²) in [5.74, 6) is 0. The number of aryl methyl sites for hydroxylation is 3. The van der Waals surface area contributed by atoms with E-state index < -0.39 is 0 Å². The Morgan fingerprint density at radius 1 is 1.12 bits per heavy atom. The minimum Gasteiger partial charge on any atom is -0.312 e. The number of hydrogen-bond donors (Lipinski definition) is 1. The van der Waals surface area contributed by atoms with Gasteiger partial charge in [0.25, 0.3) is 0 Å². The second kappa shape index (κ2) is 6.55. The monoisotopic (exact) mass is 253 g/mol. The number of unbranched alkanes of at least 4 members (excludes halogenated alkanes) is 2. The fourth-order valence-corrected chi connectivity index (χ4v) is 3.08. The van der Waals surface area contributed by atoms with Gasteiger partial charge < -0.3 is 5.32 Å². The van der Waals surface area contributed by atoms with Gasteiger partial charge in [-0.3, -0.25) is 0 Å². The van der Waals surface area contributed by atoms with Crippen LogP contribution in [-0.2, 0) is 6.42 Å². The molecule has 0 aliphatic carbocycles. The first kappa shape index (κ1) is 14.7. The first-order valence-corrected chi connectivity index (χ1v) is 7.51. The molecule has 1 N–H and O–H groups in total. The lowest BCUT2D eigenvalue weighted by Crippen LogP contribution is -2.36. The van der Waals surface area contributed by atoms with Gasteiger partial charge in [0.1, 0.15) is 0 Å². The smallest absolute Gasteiger partial charge is 0.00965 e. The van der Waals surface area contributed by atoms with E-state index in [4.69, 9.17) is 0 Å². The van der Waals surface area contributed by atoms with E-state index >= 15 is 0 Å². The summed E-state index contributed by atoms with van der Waals surface area (Å²) in [4.78, 5) is 3.04. The number of nitrogens with one attached hydrogen (secondary N) is 1. The third kappa shape index (κ3) is 6.23. The van der Waals surface area contributed by atoms with Crippen LogP contribution < -0.4 is 5.32 Å². The van der Waals surface area contributed by atoms with Gasteiger partial charge in [0.05, 0.1) is 0 Å². The Morgan fingerprint density at radius 2 is 1.82 bits per heavy atom. The van der Waals surface area contributed by atoms with Gasteiger partial charge >= 0.3 is 0 Å². The van der Waals surface area contributed by atoms with Crippen LogP contribution in [0.5, 0.6) is 0 Å². The molecule has 0 spiro atoms. The van der Waals surface area contributed by atoms with E-state index in [2.05, 4.69) is 46.0 Å². The van der Waals surface area contributed by atoms with E-state index in [-0.39, 0.29) is 5.54 Å². The Hall–Kier alpha value is -0.340. The fourth-order valence-electron chi connectivity index (χ4n) is 1.99. The fraction of sp³-hybridized carbons (Fsp3) is 0.733. The van der Waals surface area contributed by atoms with Crippen molar-refractivity contribution < 1.29 is 0 Å². The lowest BCUT2D eigenvalue weighted by Gasteiger charge is -2.20. The van der Waals surface area contributed by atoms with Crippen molar-refractivity contribution in [1.29, 1.82) is 0 Å². The zero-order valence-corrected chi connectivity index (χ0v) is 12.8. The summed E-state index contributed by atoms with van der Waals surface area (Å²) in [6, 6.07) is 2.31. The summed E-state index contributed by atoms with van der Waals surface area (Å²) in [6.45, 7) is 12.3. The van der Waals surface area contributed by atoms with Crippen LogP contribution in [0, 0.1) is 13.8 Å². The minimum absolute atomic E-state index is 0.265. The Kier molecular flexibility index (Phi) is 5.68. The highest BCUT2D eigenvalue weighted by Gasteiger charge is 2.07. The average molecular weight is 253 g/mol. The molecular formula is C15H27NS. The van der Waals surface area contributed by atoms with E-state index in [1.807, 2.05) is 11.3 Å². The zero-order valence-electron chi connectivity index (χ0n) is 12.0. The van der Waals surface area contributed by atoms with Crippen molar-refractivity contribution in [2.75, 3.05) is 6.54 Å². The Morgan fingerprint density at radius 3 is 2.35 bits per heavy atom. The van der Waals surface area contributed by atoms with Gasteiger partial charge in [0.15, 0.2) is 0 Å². The molecule has 17 heavy (non-hydrogen) atoms. The molecule has 0 fully saturated rings. The van der Waals surface area contributed by atoms with Crippen LogP contribution in [0.4, 0.5) is 0 Å². The van der Waals surface area contributed by atoms with Gasteiger partial charge in [-0.1, -0.05) is 6.42 Å². The summed E-state index contributed by atoms with van der Waals surface area (Å²) in [6.07, 6.45) is 5.21. The first-order valence-electron chi connectivity index (χ1n) is 6.69. The zero-order chi connectivity index (χ0) is 12.9. The maximum Gasteiger partial charge on any atom is 0.00965 e. The SMILES string of the molecule is Cc1cc(C)c(CCCCCNC(C)(C)C)s1. The van der Waals surface area contributed by atoms with Gasteiger partial charge in [-0.05, 0) is 72.1 Å². The van der Waals surface area contributed by atoms with E-state index in [1.165, 1.54) is 36.1 Å². The molecule has 0 aliphatic heterocycles. The Labute approximate surface area is 111 Å². The van der Waals surface area contributed by atoms with Crippen LogP contribution in [0.25, 0.3) is 0 Å². The second-order valence-electron chi connectivity index (χ2n) is 5.95. The van der Waals surface area contributed by atoms with E-state index in [1.54, 1.807) is 4.88 Å². The predicted octanol–water partition coefficient (Wildman–Crippen LogP) is 4.47. The molecule has 0 saturated carbocycles. The standard InChI is InChI=1S/C15H27NS/c1-12-11-13(2)17-14(12)9-7-6-8-10-16-15(3,4)5/h11,16H,6-10H2,1-5H3. The molecular weight excluding hydrogens is 226 g/mol. The van der Waals surface area contributed by atoms with Crippen LogP contribution in [0.1, 0.15) is 55.4 Å². The summed E-state index contributed by atoms with van der Waals surface area (Å²) in [5.41, 5.74) is 1.75. The van der Waals surface area contributed by atoms with Gasteiger partial charge in [0.2, 0.25) is 0 Å². The molecule has 0 unspecified atom stereocenters. The molecule has 0 radical (unpaired) electrons. The molecule has 0 amide bonds. The van der Waals surface area contributed by atoms with Gasteiger partial charge in [-0.2, -0.15) is 0 Å². The maximum atomic E-state index is 3.54. The highest BCUT2D eigenvalue weighted by Crippen LogP contribution is 2.22. The highest BCUT2D eigenvalue weighted by atomic mass is 32.1. The molecule has 0 atom stereocenters. The third-order valence-electron chi connectivity index (χ3n) is 2.88. The van der Waals surface area contributed by atoms with Crippen molar-refractivity contribution in [1.82, 2.24) is 5.32 Å². The first-order chi connectivity index (χ1) is 7.88. The molecule has 0 saturated heterocycles. The summed E-state index contributed by atoms with van der Waals surface area (Å²) >= 11 is 1.97. The Balaban J connectivity index is 2.11. The Bertz CT molecular complexity index is 333. The van der Waals surface area contributed by atoms with E-state index in [0.29, 0.717) is 0 Å². The molecule has 1 heterocycles. The lowest BCUT2D eigenvalue weighted by molar-refractivity contribution is 0.417. The van der Waals surface area contributed by atoms with Crippen molar-refractivity contribution in [3.05, 3.63) is 21.4 Å². The number of rotatable bonds is 6. The molecule has 98 valence electrons. The quantitative estimate of drug-likeness (QED) is 0.738. The summed E-state index contributed by atoms with van der Waals surface area (Å²) in [5, 5.41) is 3.54. The van der Waals surface area contributed by atoms with Gasteiger partial charge in [-0.25, -0.2) is 0 Å². The number of thiophene rings is 1. The summed E-state index contributed by atoms with van der Waals surface area (Å²) < 4.78 is 0. The van der Waals surface area contributed by atoms with Crippen molar-refractivity contribution >= 4 is 11.3 Å². The topological polar surface area (TPSA) is 12.0 Å². The van der Waals surface area contributed by atoms with E-state index in [9.17, 15) is 0 Å². The van der Waals surface area contributed by atoms with E-state index in [0.717, 1.165) is 6.54 Å². The molecule has 0 aliphatic rings. The van der Waals surface area contributed by atoms with Crippen LogP contribution in [0.2, 0.25) is 0 Å². The van der Waals surface area contributed by atoms with Crippen molar-refractivity contribution in [2.45, 2.75) is 65.8 Å². The van der Waals surface area contributed by atoms with Crippen LogP contribution in [0.15, 0.2) is 6.07 Å². The molecule has 0 aromatic carbocycles. The molecule has 0 bridgehead atoms. The van der Waals surface area contributed by atoms with Crippen molar-refractivity contribution in [3.63, 3.8) is 0 Å². The normalized spacial score (nSPS) is 12.1.